The van der Waals surface area contributed by atoms with E-state index >= 15 is 0 Å². The highest BCUT2D eigenvalue weighted by atomic mass is 16.7. The number of ether oxygens (including phenoxy) is 5. The Morgan fingerprint density at radius 3 is 1.63 bits per heavy atom. The molecule has 1 fully saturated rings. The fraction of sp³-hybridized carbons (Fsp3) is 0.690. The Hall–Kier alpha value is -2.49. The van der Waals surface area contributed by atoms with Crippen LogP contribution in [-0.2, 0) is 44.5 Å². The molecule has 1 N–H and O–H groups in total. The first-order valence-electron chi connectivity index (χ1n) is 13.0. The number of aliphatic hydroxyl groups is 1. The maximum atomic E-state index is 13.0. The molecule has 1 aliphatic rings. The molecule has 38 heavy (non-hydrogen) atoms. The lowest BCUT2D eigenvalue weighted by molar-refractivity contribution is -0.311. The normalized spacial score (nSPS) is 24.4. The van der Waals surface area contributed by atoms with E-state index in [0.717, 1.165) is 5.56 Å². The van der Waals surface area contributed by atoms with Gasteiger partial charge in [-0.2, -0.15) is 0 Å². The minimum absolute atomic E-state index is 0.197. The average Bonchev–Trinajstić information content (AvgIpc) is 2.80. The molecule has 2 rings (SSSR count). The summed E-state index contributed by atoms with van der Waals surface area (Å²) in [4.78, 5) is 38.9. The second-order valence-electron chi connectivity index (χ2n) is 12.7. The third-order valence-electron chi connectivity index (χ3n) is 5.85. The molecule has 214 valence electrons. The maximum absolute atomic E-state index is 13.0. The molecule has 0 bridgehead atoms. The molecular weight excluding hydrogens is 492 g/mol. The smallest absolute Gasteiger partial charge is 0.311 e. The number of carbonyl (C=O) groups excluding carboxylic acids is 3. The minimum atomic E-state index is -1.29. The van der Waals surface area contributed by atoms with Crippen LogP contribution in [0.25, 0.3) is 0 Å². The van der Waals surface area contributed by atoms with Crippen molar-refractivity contribution in [1.82, 2.24) is 0 Å². The highest BCUT2D eigenvalue weighted by Crippen LogP contribution is 2.34. The van der Waals surface area contributed by atoms with Gasteiger partial charge in [-0.05, 0) is 74.3 Å². The molecule has 1 aliphatic heterocycles. The SMILES string of the molecule is CC(C)(C)C(=O)O[C@@H]1[C@@H](OC(=O)C(C)(C)C)[C@H](OCCc2ccccc2)O[C@H](CO)[C@H]1OC(=O)C(C)(C)C. The predicted octanol–water partition coefficient (Wildman–Crippen LogP) is 3.84. The Bertz CT molecular complexity index is 938. The summed E-state index contributed by atoms with van der Waals surface area (Å²) < 4.78 is 29.5. The van der Waals surface area contributed by atoms with E-state index in [2.05, 4.69) is 0 Å². The lowest BCUT2D eigenvalue weighted by Crippen LogP contribution is -2.64. The van der Waals surface area contributed by atoms with E-state index < -0.39 is 71.5 Å². The molecule has 0 aromatic heterocycles. The van der Waals surface area contributed by atoms with Crippen molar-refractivity contribution in [3.63, 3.8) is 0 Å². The first-order valence-corrected chi connectivity index (χ1v) is 13.0. The van der Waals surface area contributed by atoms with Crippen LogP contribution in [0.2, 0.25) is 0 Å². The average molecular weight is 537 g/mol. The third-order valence-corrected chi connectivity index (χ3v) is 5.85. The maximum Gasteiger partial charge on any atom is 0.311 e. The van der Waals surface area contributed by atoms with E-state index in [1.165, 1.54) is 0 Å². The molecule has 5 atom stereocenters. The molecule has 0 unspecified atom stereocenters. The summed E-state index contributed by atoms with van der Waals surface area (Å²) in [5.41, 5.74) is -1.66. The monoisotopic (exact) mass is 536 g/mol. The fourth-order valence-corrected chi connectivity index (χ4v) is 3.40. The highest BCUT2D eigenvalue weighted by Gasteiger charge is 2.54. The molecule has 1 aromatic carbocycles. The highest BCUT2D eigenvalue weighted by molar-refractivity contribution is 5.77. The van der Waals surface area contributed by atoms with Crippen molar-refractivity contribution in [2.24, 2.45) is 16.2 Å². The van der Waals surface area contributed by atoms with Crippen molar-refractivity contribution in [2.45, 2.75) is 99.4 Å². The van der Waals surface area contributed by atoms with Crippen molar-refractivity contribution < 1.29 is 43.2 Å². The van der Waals surface area contributed by atoms with Crippen molar-refractivity contribution in [1.29, 1.82) is 0 Å². The Kier molecular flexibility index (Phi) is 10.5. The molecule has 9 nitrogen and oxygen atoms in total. The first kappa shape index (κ1) is 31.7. The van der Waals surface area contributed by atoms with Crippen molar-refractivity contribution in [3.8, 4) is 0 Å². The minimum Gasteiger partial charge on any atom is -0.455 e. The summed E-state index contributed by atoms with van der Waals surface area (Å²) in [6.07, 6.45) is -5.53. The fourth-order valence-electron chi connectivity index (χ4n) is 3.40. The van der Waals surface area contributed by atoms with Crippen LogP contribution >= 0.6 is 0 Å². The van der Waals surface area contributed by atoms with E-state index in [-0.39, 0.29) is 6.61 Å². The summed E-state index contributed by atoms with van der Waals surface area (Å²) in [7, 11) is 0. The number of aliphatic hydroxyl groups excluding tert-OH is 1. The van der Waals surface area contributed by atoms with Gasteiger partial charge in [-0.3, -0.25) is 14.4 Å². The summed E-state index contributed by atoms with van der Waals surface area (Å²) >= 11 is 0. The molecule has 1 heterocycles. The first-order chi connectivity index (χ1) is 17.4. The number of hydrogen-bond donors (Lipinski definition) is 1. The van der Waals surface area contributed by atoms with Crippen molar-refractivity contribution in [2.75, 3.05) is 13.2 Å². The number of hydrogen-bond acceptors (Lipinski definition) is 9. The molecule has 9 heteroatoms. The Morgan fingerprint density at radius 1 is 0.737 bits per heavy atom. The molecule has 1 saturated heterocycles. The quantitative estimate of drug-likeness (QED) is 0.391. The molecule has 0 aliphatic carbocycles. The van der Waals surface area contributed by atoms with Gasteiger partial charge in [0.1, 0.15) is 6.10 Å². The summed E-state index contributed by atoms with van der Waals surface area (Å²) in [5.74, 6) is -1.77. The van der Waals surface area contributed by atoms with Gasteiger partial charge in [-0.1, -0.05) is 30.3 Å². The number of carbonyl (C=O) groups is 3. The largest absolute Gasteiger partial charge is 0.455 e. The second kappa shape index (κ2) is 12.6. The molecular formula is C29H44O9. The van der Waals surface area contributed by atoms with E-state index in [0.29, 0.717) is 6.42 Å². The van der Waals surface area contributed by atoms with E-state index in [1.54, 1.807) is 62.3 Å². The van der Waals surface area contributed by atoms with Crippen molar-refractivity contribution in [3.05, 3.63) is 35.9 Å². The molecule has 0 spiro atoms. The number of esters is 3. The third kappa shape index (κ3) is 8.78. The second-order valence-corrected chi connectivity index (χ2v) is 12.7. The van der Waals surface area contributed by atoms with Crippen LogP contribution in [-0.4, -0.2) is 66.9 Å². The van der Waals surface area contributed by atoms with Crippen LogP contribution in [0.3, 0.4) is 0 Å². The predicted molar refractivity (Wildman–Crippen MR) is 140 cm³/mol. The topological polar surface area (TPSA) is 118 Å². The van der Waals surface area contributed by atoms with Crippen LogP contribution in [0, 0.1) is 16.2 Å². The van der Waals surface area contributed by atoms with Gasteiger partial charge < -0.3 is 28.8 Å². The zero-order chi connectivity index (χ0) is 28.9. The van der Waals surface area contributed by atoms with Gasteiger partial charge in [0.25, 0.3) is 0 Å². The van der Waals surface area contributed by atoms with Crippen molar-refractivity contribution >= 4 is 17.9 Å². The zero-order valence-electron chi connectivity index (χ0n) is 24.1. The lowest BCUT2D eigenvalue weighted by atomic mass is 9.93. The van der Waals surface area contributed by atoms with E-state index in [1.807, 2.05) is 30.3 Å². The van der Waals surface area contributed by atoms with Gasteiger partial charge in [0.15, 0.2) is 24.6 Å². The van der Waals surface area contributed by atoms with Gasteiger partial charge in [0, 0.05) is 0 Å². The van der Waals surface area contributed by atoms with E-state index in [9.17, 15) is 19.5 Å². The van der Waals surface area contributed by atoms with Crippen LogP contribution < -0.4 is 0 Å². The van der Waals surface area contributed by atoms with Crippen LogP contribution in [0.1, 0.15) is 67.9 Å². The van der Waals surface area contributed by atoms with Crippen LogP contribution in [0.5, 0.6) is 0 Å². The van der Waals surface area contributed by atoms with Crippen LogP contribution in [0.15, 0.2) is 30.3 Å². The Balaban J connectivity index is 2.46. The summed E-state index contributed by atoms with van der Waals surface area (Å²) in [5, 5.41) is 10.2. The van der Waals surface area contributed by atoms with Gasteiger partial charge in [0.05, 0.1) is 29.5 Å². The number of benzene rings is 1. The van der Waals surface area contributed by atoms with Gasteiger partial charge >= 0.3 is 17.9 Å². The molecule has 0 saturated carbocycles. The Morgan fingerprint density at radius 2 is 1.18 bits per heavy atom. The molecule has 1 aromatic rings. The standard InChI is InChI=1S/C29H44O9/c1-27(2,3)24(31)36-20-19(17-30)35-23(34-16-15-18-13-11-10-12-14-18)22(38-26(33)29(7,8)9)21(20)37-25(32)28(4,5)6/h10-14,19-23,30H,15-17H2,1-9H3/t19-,20-,21+,22-,23-/m1/s1. The van der Waals surface area contributed by atoms with Gasteiger partial charge in [0.2, 0.25) is 0 Å². The summed E-state index contributed by atoms with van der Waals surface area (Å²) in [6.45, 7) is 14.8. The van der Waals surface area contributed by atoms with Gasteiger partial charge in [-0.15, -0.1) is 0 Å². The number of rotatable bonds is 8. The van der Waals surface area contributed by atoms with Gasteiger partial charge in [-0.25, -0.2) is 0 Å². The molecule has 0 amide bonds. The lowest BCUT2D eigenvalue weighted by Gasteiger charge is -2.45. The molecule has 0 radical (unpaired) electrons. The van der Waals surface area contributed by atoms with E-state index in [4.69, 9.17) is 23.7 Å². The Labute approximate surface area is 226 Å². The summed E-state index contributed by atoms with van der Waals surface area (Å²) in [6, 6.07) is 9.65. The zero-order valence-corrected chi connectivity index (χ0v) is 24.1. The van der Waals surface area contributed by atoms with Crippen LogP contribution in [0.4, 0.5) is 0 Å².